The standard InChI is InChI=1S/C9H9NO5/c1-3-5(4(2)11)7(9(14)15)10-6(3)8(12)13/h10H,1-2H3,(H,12,13)(H,14,15)/p-2. The molecule has 0 aliphatic heterocycles. The van der Waals surface area contributed by atoms with Gasteiger partial charge in [0.1, 0.15) is 0 Å². The zero-order valence-corrected chi connectivity index (χ0v) is 8.04. The van der Waals surface area contributed by atoms with Crippen LogP contribution in [-0.2, 0) is 0 Å². The topological polar surface area (TPSA) is 113 Å². The van der Waals surface area contributed by atoms with Crippen molar-refractivity contribution in [2.75, 3.05) is 0 Å². The molecule has 0 aliphatic carbocycles. The van der Waals surface area contributed by atoms with Crippen molar-refractivity contribution in [1.82, 2.24) is 4.98 Å². The molecule has 80 valence electrons. The third-order valence-electron chi connectivity index (χ3n) is 2.01. The first-order valence-electron chi connectivity index (χ1n) is 4.02. The van der Waals surface area contributed by atoms with E-state index in [0.29, 0.717) is 0 Å². The quantitative estimate of drug-likeness (QED) is 0.593. The molecule has 1 aromatic rings. The Morgan fingerprint density at radius 2 is 1.53 bits per heavy atom. The summed E-state index contributed by atoms with van der Waals surface area (Å²) in [6, 6.07) is 0. The number of hydrogen-bond acceptors (Lipinski definition) is 5. The Morgan fingerprint density at radius 3 is 1.80 bits per heavy atom. The smallest absolute Gasteiger partial charge is 0.162 e. The van der Waals surface area contributed by atoms with Gasteiger partial charge in [-0.15, -0.1) is 0 Å². The van der Waals surface area contributed by atoms with Gasteiger partial charge in [0.25, 0.3) is 0 Å². The first kappa shape index (κ1) is 11.0. The second-order valence-electron chi connectivity index (χ2n) is 3.01. The van der Waals surface area contributed by atoms with Crippen molar-refractivity contribution < 1.29 is 24.6 Å². The van der Waals surface area contributed by atoms with E-state index < -0.39 is 29.1 Å². The average molecular weight is 209 g/mol. The third-order valence-corrected chi connectivity index (χ3v) is 2.01. The van der Waals surface area contributed by atoms with Crippen molar-refractivity contribution in [3.8, 4) is 0 Å². The summed E-state index contributed by atoms with van der Waals surface area (Å²) in [5.41, 5.74) is -1.09. The summed E-state index contributed by atoms with van der Waals surface area (Å²) < 4.78 is 0. The lowest BCUT2D eigenvalue weighted by Crippen LogP contribution is -2.26. The molecule has 0 amide bonds. The molecule has 1 heterocycles. The van der Waals surface area contributed by atoms with Crippen LogP contribution in [0.1, 0.15) is 43.8 Å². The predicted octanol–water partition coefficient (Wildman–Crippen LogP) is -1.75. The minimum Gasteiger partial charge on any atom is -0.543 e. The first-order chi connectivity index (χ1) is 6.86. The van der Waals surface area contributed by atoms with Crippen molar-refractivity contribution in [3.05, 3.63) is 22.5 Å². The molecule has 6 nitrogen and oxygen atoms in total. The zero-order chi connectivity index (χ0) is 11.7. The lowest BCUT2D eigenvalue weighted by Gasteiger charge is -2.01. The number of carbonyl (C=O) groups is 3. The van der Waals surface area contributed by atoms with Crippen molar-refractivity contribution in [2.45, 2.75) is 13.8 Å². The number of aromatic amines is 1. The molecule has 0 fully saturated rings. The van der Waals surface area contributed by atoms with Crippen molar-refractivity contribution in [1.29, 1.82) is 0 Å². The molecule has 0 aromatic carbocycles. The van der Waals surface area contributed by atoms with Gasteiger partial charge in [0.15, 0.2) is 5.78 Å². The number of carboxylic acids is 2. The minimum atomic E-state index is -1.63. The first-order valence-corrected chi connectivity index (χ1v) is 4.02. The van der Waals surface area contributed by atoms with Gasteiger partial charge in [0, 0.05) is 5.56 Å². The Morgan fingerprint density at radius 1 is 1.07 bits per heavy atom. The van der Waals surface area contributed by atoms with Gasteiger partial charge in [-0.2, -0.15) is 0 Å². The Kier molecular flexibility index (Phi) is 2.61. The number of aromatic nitrogens is 1. The number of rotatable bonds is 3. The van der Waals surface area contributed by atoms with Crippen LogP contribution in [0.3, 0.4) is 0 Å². The van der Waals surface area contributed by atoms with E-state index in [0.717, 1.165) is 6.92 Å². The van der Waals surface area contributed by atoms with E-state index in [1.165, 1.54) is 6.92 Å². The van der Waals surface area contributed by atoms with E-state index in [4.69, 9.17) is 0 Å². The fourth-order valence-electron chi connectivity index (χ4n) is 1.39. The normalized spacial score (nSPS) is 10.0. The molecule has 0 bridgehead atoms. The lowest BCUT2D eigenvalue weighted by molar-refractivity contribution is -0.255. The van der Waals surface area contributed by atoms with Crippen LogP contribution in [0.5, 0.6) is 0 Å². The van der Waals surface area contributed by atoms with Gasteiger partial charge >= 0.3 is 0 Å². The monoisotopic (exact) mass is 209 g/mol. The Balaban J connectivity index is 3.53. The summed E-state index contributed by atoms with van der Waals surface area (Å²) in [5.74, 6) is -3.74. The van der Waals surface area contributed by atoms with Crippen LogP contribution in [0.15, 0.2) is 0 Å². The maximum atomic E-state index is 11.1. The maximum Gasteiger partial charge on any atom is 0.162 e. The van der Waals surface area contributed by atoms with Crippen LogP contribution in [0, 0.1) is 6.92 Å². The van der Waals surface area contributed by atoms with Crippen LogP contribution in [0.25, 0.3) is 0 Å². The van der Waals surface area contributed by atoms with E-state index in [-0.39, 0.29) is 11.1 Å². The molecule has 0 unspecified atom stereocenters. The van der Waals surface area contributed by atoms with Gasteiger partial charge in [-0.25, -0.2) is 0 Å². The maximum absolute atomic E-state index is 11.1. The third kappa shape index (κ3) is 1.74. The Hall–Kier alpha value is -2.11. The minimum absolute atomic E-state index is 0.0432. The number of aromatic carboxylic acids is 2. The molecule has 0 spiro atoms. The lowest BCUT2D eigenvalue weighted by atomic mass is 10.1. The van der Waals surface area contributed by atoms with E-state index in [9.17, 15) is 24.6 Å². The Labute approximate surface area is 84.5 Å². The van der Waals surface area contributed by atoms with Crippen molar-refractivity contribution in [3.63, 3.8) is 0 Å². The Bertz CT molecular complexity index is 457. The second-order valence-corrected chi connectivity index (χ2v) is 3.01. The molecule has 1 rings (SSSR count). The van der Waals surface area contributed by atoms with E-state index >= 15 is 0 Å². The number of H-pyrrole nitrogens is 1. The van der Waals surface area contributed by atoms with Crippen LogP contribution >= 0.6 is 0 Å². The highest BCUT2D eigenvalue weighted by Gasteiger charge is 2.18. The SMILES string of the molecule is CC(=O)c1c(C(=O)[O-])[nH]c(C(=O)[O-])c1C. The molecule has 6 heteroatoms. The summed E-state index contributed by atoms with van der Waals surface area (Å²) in [7, 11) is 0. The predicted molar refractivity (Wildman–Crippen MR) is 44.2 cm³/mol. The molecule has 0 aliphatic rings. The van der Waals surface area contributed by atoms with Crippen LogP contribution < -0.4 is 10.2 Å². The van der Waals surface area contributed by atoms with E-state index in [1.807, 2.05) is 0 Å². The van der Waals surface area contributed by atoms with E-state index in [2.05, 4.69) is 4.98 Å². The van der Waals surface area contributed by atoms with Crippen molar-refractivity contribution >= 4 is 17.7 Å². The fraction of sp³-hybridized carbons (Fsp3) is 0.222. The molecule has 0 atom stereocenters. The van der Waals surface area contributed by atoms with Gasteiger partial charge in [-0.05, 0) is 19.4 Å². The van der Waals surface area contributed by atoms with Crippen LogP contribution in [0.2, 0.25) is 0 Å². The molecule has 0 saturated heterocycles. The summed E-state index contributed by atoms with van der Waals surface area (Å²) in [6.45, 7) is 2.46. The highest BCUT2D eigenvalue weighted by molar-refractivity contribution is 6.07. The largest absolute Gasteiger partial charge is 0.543 e. The number of hydrogen-bond donors (Lipinski definition) is 1. The van der Waals surface area contributed by atoms with Gasteiger partial charge in [0.05, 0.1) is 23.3 Å². The summed E-state index contributed by atoms with van der Waals surface area (Å²) >= 11 is 0. The zero-order valence-electron chi connectivity index (χ0n) is 8.04. The van der Waals surface area contributed by atoms with Gasteiger partial charge < -0.3 is 24.8 Å². The van der Waals surface area contributed by atoms with E-state index in [1.54, 1.807) is 0 Å². The molecular formula is C9H7NO5-2. The molecule has 15 heavy (non-hydrogen) atoms. The molecule has 1 aromatic heterocycles. The summed E-state index contributed by atoms with van der Waals surface area (Å²) in [5, 5.41) is 21.2. The number of nitrogens with one attached hydrogen (secondary N) is 1. The molecule has 1 N–H and O–H groups in total. The highest BCUT2D eigenvalue weighted by atomic mass is 16.4. The number of carbonyl (C=O) groups excluding carboxylic acids is 3. The van der Waals surface area contributed by atoms with Gasteiger partial charge in [-0.1, -0.05) is 0 Å². The molecule has 0 radical (unpaired) electrons. The fourth-order valence-corrected chi connectivity index (χ4v) is 1.39. The van der Waals surface area contributed by atoms with Crippen molar-refractivity contribution in [2.24, 2.45) is 0 Å². The number of carboxylic acid groups (broad SMARTS) is 2. The average Bonchev–Trinajstić information content (AvgIpc) is 2.42. The number of ketones is 1. The summed E-state index contributed by atoms with van der Waals surface area (Å²) in [4.78, 5) is 34.4. The second kappa shape index (κ2) is 3.56. The summed E-state index contributed by atoms with van der Waals surface area (Å²) in [6.07, 6.45) is 0. The highest BCUT2D eigenvalue weighted by Crippen LogP contribution is 2.18. The molecule has 0 saturated carbocycles. The number of Topliss-reactive ketones (excluding diaryl/α,β-unsaturated/α-hetero) is 1. The van der Waals surface area contributed by atoms with Crippen LogP contribution in [-0.4, -0.2) is 22.7 Å². The van der Waals surface area contributed by atoms with Crippen LogP contribution in [0.4, 0.5) is 0 Å². The molecular weight excluding hydrogens is 202 g/mol. The van der Waals surface area contributed by atoms with Gasteiger partial charge in [-0.3, -0.25) is 4.79 Å². The van der Waals surface area contributed by atoms with Gasteiger partial charge in [0.2, 0.25) is 0 Å².